The molecule has 0 aliphatic rings. The van der Waals surface area contributed by atoms with Gasteiger partial charge in [-0.25, -0.2) is 4.79 Å². The molecule has 0 aromatic rings. The molecule has 5 heteroatoms. The lowest BCUT2D eigenvalue weighted by molar-refractivity contribution is -0.139. The Morgan fingerprint density at radius 2 is 1.82 bits per heavy atom. The molecule has 0 heterocycles. The molecule has 2 nitrogen and oxygen atoms in total. The van der Waals surface area contributed by atoms with Crippen LogP contribution in [0.3, 0.4) is 0 Å². The van der Waals surface area contributed by atoms with Crippen molar-refractivity contribution in [1.29, 1.82) is 0 Å². The van der Waals surface area contributed by atoms with Gasteiger partial charge in [0.05, 0.1) is 20.6 Å². The van der Waals surface area contributed by atoms with Crippen LogP contribution in [0, 0.1) is 0 Å². The van der Waals surface area contributed by atoms with E-state index in [1.165, 1.54) is 25.3 Å². The summed E-state index contributed by atoms with van der Waals surface area (Å²) in [6.45, 7) is 5.69. The third kappa shape index (κ3) is 12.3. The van der Waals surface area contributed by atoms with Crippen LogP contribution in [-0.2, 0) is 9.53 Å². The Morgan fingerprint density at radius 1 is 1.24 bits per heavy atom. The number of halogens is 2. The normalized spacial score (nSPS) is 11.3. The van der Waals surface area contributed by atoms with Gasteiger partial charge >= 0.3 is 5.97 Å². The van der Waals surface area contributed by atoms with Gasteiger partial charge in [-0.2, -0.15) is 0 Å². The van der Waals surface area contributed by atoms with Crippen LogP contribution in [-0.4, -0.2) is 26.6 Å². The first kappa shape index (κ1) is 17.0. The summed E-state index contributed by atoms with van der Waals surface area (Å²) in [5.74, 6) is -0.286. The van der Waals surface area contributed by atoms with Gasteiger partial charge in [-0.1, -0.05) is 38.3 Å². The highest BCUT2D eigenvalue weighted by atomic mass is 35.5. The minimum Gasteiger partial charge on any atom is -0.462 e. The molecule has 0 aromatic heterocycles. The van der Waals surface area contributed by atoms with Crippen molar-refractivity contribution in [2.75, 3.05) is 6.61 Å². The molecule has 0 radical (unpaired) electrons. The molecular weight excluding hydrogens is 275 g/mol. The Labute approximate surface area is 117 Å². The van der Waals surface area contributed by atoms with Crippen LogP contribution >= 0.6 is 23.2 Å². The summed E-state index contributed by atoms with van der Waals surface area (Å²) in [6.07, 6.45) is 5.68. The van der Waals surface area contributed by atoms with Gasteiger partial charge in [-0.05, 0) is 13.3 Å². The molecule has 0 fully saturated rings. The van der Waals surface area contributed by atoms with E-state index in [0.29, 0.717) is 12.2 Å². The highest BCUT2D eigenvalue weighted by molar-refractivity contribution is 6.68. The molecule has 0 aliphatic heterocycles. The minimum absolute atomic E-state index is 0.0865. The van der Waals surface area contributed by atoms with Crippen LogP contribution in [0.1, 0.15) is 39.0 Å². The molecule has 0 amide bonds. The van der Waals surface area contributed by atoms with E-state index in [-0.39, 0.29) is 19.9 Å². The second-order valence-corrected chi connectivity index (χ2v) is 8.63. The van der Waals surface area contributed by atoms with Crippen molar-refractivity contribution >= 4 is 38.7 Å². The number of ether oxygens (including phenoxy) is 1. The molecule has 0 aliphatic carbocycles. The second kappa shape index (κ2) is 11.1. The van der Waals surface area contributed by atoms with E-state index in [2.05, 4.69) is 6.58 Å². The van der Waals surface area contributed by atoms with Gasteiger partial charge in [0, 0.05) is 5.57 Å². The molecule has 0 saturated heterocycles. The quantitative estimate of drug-likeness (QED) is 0.203. The summed E-state index contributed by atoms with van der Waals surface area (Å²) in [6, 6.07) is 1.22. The Kier molecular flexibility index (Phi) is 11.1. The predicted molar refractivity (Wildman–Crippen MR) is 77.7 cm³/mol. The van der Waals surface area contributed by atoms with Crippen molar-refractivity contribution in [2.45, 2.75) is 49.5 Å². The lowest BCUT2D eigenvalue weighted by Crippen LogP contribution is -2.06. The molecule has 100 valence electrons. The molecule has 0 rings (SSSR count). The average molecular weight is 297 g/mol. The van der Waals surface area contributed by atoms with Crippen LogP contribution < -0.4 is 0 Å². The fraction of sp³-hybridized carbons (Fsp3) is 0.750. The summed E-state index contributed by atoms with van der Waals surface area (Å²) in [4.78, 5) is 11.0. The lowest BCUT2D eigenvalue weighted by Gasteiger charge is -2.04. The summed E-state index contributed by atoms with van der Waals surface area (Å²) < 4.78 is 4.91. The Hall–Kier alpha value is 0.00688. The highest BCUT2D eigenvalue weighted by Gasteiger charge is 2.02. The third-order valence-electron chi connectivity index (χ3n) is 2.40. The van der Waals surface area contributed by atoms with Crippen molar-refractivity contribution in [3.63, 3.8) is 0 Å². The smallest absolute Gasteiger partial charge is 0.333 e. The minimum atomic E-state index is -0.286. The van der Waals surface area contributed by atoms with Crippen LogP contribution in [0.4, 0.5) is 0 Å². The second-order valence-electron chi connectivity index (χ2n) is 4.22. The predicted octanol–water partition coefficient (Wildman–Crippen LogP) is 3.40. The Balaban J connectivity index is 3.14. The zero-order valence-corrected chi connectivity index (χ0v) is 13.4. The highest BCUT2D eigenvalue weighted by Crippen LogP contribution is 2.09. The van der Waals surface area contributed by atoms with Crippen molar-refractivity contribution in [2.24, 2.45) is 0 Å². The first-order chi connectivity index (χ1) is 8.04. The van der Waals surface area contributed by atoms with Crippen molar-refractivity contribution in [1.82, 2.24) is 0 Å². The van der Waals surface area contributed by atoms with E-state index in [1.54, 1.807) is 6.92 Å². The number of rotatable bonds is 10. The van der Waals surface area contributed by atoms with Crippen LogP contribution in [0.2, 0.25) is 6.04 Å². The lowest BCUT2D eigenvalue weighted by atomic mass is 10.2. The Bertz CT molecular complexity index is 233. The van der Waals surface area contributed by atoms with E-state index in [4.69, 9.17) is 27.9 Å². The Morgan fingerprint density at radius 3 is 2.41 bits per heavy atom. The monoisotopic (exact) mass is 296 g/mol. The van der Waals surface area contributed by atoms with Crippen molar-refractivity contribution < 1.29 is 9.53 Å². The van der Waals surface area contributed by atoms with Gasteiger partial charge in [0.1, 0.15) is 0 Å². The molecule has 0 unspecified atom stereocenters. The molecule has 0 atom stereocenters. The van der Waals surface area contributed by atoms with Gasteiger partial charge in [-0.15, -0.1) is 23.2 Å². The number of unbranched alkanes of at least 4 members (excludes halogenated alkanes) is 4. The van der Waals surface area contributed by atoms with Gasteiger partial charge in [-0.3, -0.25) is 0 Å². The number of hydrogen-bond donors (Lipinski definition) is 0. The number of hydrogen-bond acceptors (Lipinski definition) is 2. The number of carbonyl (C=O) groups excluding carboxylic acids is 1. The van der Waals surface area contributed by atoms with Gasteiger partial charge in [0.15, 0.2) is 0 Å². The summed E-state index contributed by atoms with van der Waals surface area (Å²) in [7, 11) is -0.266. The average Bonchev–Trinajstić information content (AvgIpc) is 2.25. The zero-order valence-electron chi connectivity index (χ0n) is 10.5. The van der Waals surface area contributed by atoms with Gasteiger partial charge < -0.3 is 4.74 Å². The number of alkyl halides is 2. The molecule has 0 N–H and O–H groups in total. The van der Waals surface area contributed by atoms with Crippen LogP contribution in [0.5, 0.6) is 0 Å². The maximum atomic E-state index is 11.0. The molecule has 0 saturated carbocycles. The largest absolute Gasteiger partial charge is 0.462 e. The topological polar surface area (TPSA) is 26.3 Å². The molecule has 0 spiro atoms. The summed E-state index contributed by atoms with van der Waals surface area (Å²) >= 11 is 11.4. The van der Waals surface area contributed by atoms with E-state index < -0.39 is 0 Å². The van der Waals surface area contributed by atoms with Crippen molar-refractivity contribution in [3.8, 4) is 0 Å². The van der Waals surface area contributed by atoms with E-state index >= 15 is 0 Å². The standard InChI is InChI=1S/C12H22Cl2O2Si/c1-10(2)11(15)16-8-6-4-3-5-7-9-17-12(13)14/h12H,1,3-9,17H2,2H3. The fourth-order valence-corrected chi connectivity index (χ4v) is 3.27. The molecular formula is C12H22Cl2O2Si. The number of esters is 1. The maximum Gasteiger partial charge on any atom is 0.333 e. The SMILES string of the molecule is C=C(C)C(=O)OCCCCCCC[SiH2]C(Cl)Cl. The number of carbonyl (C=O) groups is 1. The van der Waals surface area contributed by atoms with Crippen LogP contribution in [0.25, 0.3) is 0 Å². The van der Waals surface area contributed by atoms with E-state index in [9.17, 15) is 4.79 Å². The zero-order chi connectivity index (χ0) is 13.1. The molecule has 0 aromatic carbocycles. The van der Waals surface area contributed by atoms with Gasteiger partial charge in [0.25, 0.3) is 0 Å². The maximum absolute atomic E-state index is 11.0. The fourth-order valence-electron chi connectivity index (χ4n) is 1.40. The van der Waals surface area contributed by atoms with E-state index in [0.717, 1.165) is 12.8 Å². The first-order valence-electron chi connectivity index (χ1n) is 6.15. The molecule has 17 heavy (non-hydrogen) atoms. The summed E-state index contributed by atoms with van der Waals surface area (Å²) in [5.41, 5.74) is 0.465. The van der Waals surface area contributed by atoms with E-state index in [1.807, 2.05) is 0 Å². The van der Waals surface area contributed by atoms with Crippen LogP contribution in [0.15, 0.2) is 12.2 Å². The van der Waals surface area contributed by atoms with Crippen molar-refractivity contribution in [3.05, 3.63) is 12.2 Å². The van der Waals surface area contributed by atoms with Gasteiger partial charge in [0.2, 0.25) is 0 Å². The summed E-state index contributed by atoms with van der Waals surface area (Å²) in [5, 5.41) is 0. The molecule has 0 bridgehead atoms. The third-order valence-corrected chi connectivity index (χ3v) is 5.05. The first-order valence-corrected chi connectivity index (χ1v) is 8.83.